The second-order valence-electron chi connectivity index (χ2n) is 3.99. The lowest BCUT2D eigenvalue weighted by Crippen LogP contribution is -2.48. The lowest BCUT2D eigenvalue weighted by atomic mass is 10.3. The molecule has 1 unspecified atom stereocenters. The first-order chi connectivity index (χ1) is 7.59. The highest BCUT2D eigenvalue weighted by atomic mass is 32.2. The molecule has 2 fully saturated rings. The van der Waals surface area contributed by atoms with Gasteiger partial charge in [0.2, 0.25) is 0 Å². The molecule has 0 radical (unpaired) electrons. The van der Waals surface area contributed by atoms with Crippen LogP contribution in [0.4, 0.5) is 4.79 Å². The number of rotatable bonds is 1. The Morgan fingerprint density at radius 1 is 1.38 bits per heavy atom. The number of aliphatic hydroxyl groups is 1. The number of hydrogen-bond donors (Lipinski definition) is 2. The Bertz CT molecular complexity index is 312. The molecule has 2 heterocycles. The number of likely N-dealkylation sites (tertiary alicyclic amines) is 1. The fourth-order valence-corrected chi connectivity index (χ4v) is 3.07. The van der Waals surface area contributed by atoms with Crippen molar-refractivity contribution in [3.05, 3.63) is 0 Å². The lowest BCUT2D eigenvalue weighted by molar-refractivity contribution is -0.140. The van der Waals surface area contributed by atoms with E-state index in [1.165, 1.54) is 21.6 Å². The predicted molar refractivity (Wildman–Crippen MR) is 58.2 cm³/mol. The van der Waals surface area contributed by atoms with Crippen molar-refractivity contribution < 1.29 is 19.8 Å². The van der Waals surface area contributed by atoms with E-state index < -0.39 is 18.1 Å². The van der Waals surface area contributed by atoms with Gasteiger partial charge in [0.25, 0.3) is 0 Å². The first-order valence-electron chi connectivity index (χ1n) is 5.13. The molecule has 2 aliphatic heterocycles. The van der Waals surface area contributed by atoms with Crippen LogP contribution in [0.2, 0.25) is 0 Å². The van der Waals surface area contributed by atoms with Gasteiger partial charge in [0.05, 0.1) is 12.0 Å². The fourth-order valence-electron chi connectivity index (χ4n) is 1.93. The van der Waals surface area contributed by atoms with Gasteiger partial charge in [0.15, 0.2) is 0 Å². The minimum absolute atomic E-state index is 0.269. The van der Waals surface area contributed by atoms with Gasteiger partial charge in [0, 0.05) is 18.8 Å². The monoisotopic (exact) mass is 246 g/mol. The van der Waals surface area contributed by atoms with Crippen LogP contribution in [0.1, 0.15) is 6.42 Å². The van der Waals surface area contributed by atoms with Crippen LogP contribution >= 0.6 is 11.8 Å². The highest BCUT2D eigenvalue weighted by molar-refractivity contribution is 7.99. The molecule has 7 heteroatoms. The van der Waals surface area contributed by atoms with E-state index >= 15 is 0 Å². The number of thioether (sulfide) groups is 1. The van der Waals surface area contributed by atoms with E-state index in [0.29, 0.717) is 31.1 Å². The van der Waals surface area contributed by atoms with Gasteiger partial charge >= 0.3 is 12.0 Å². The largest absolute Gasteiger partial charge is 0.480 e. The van der Waals surface area contributed by atoms with Crippen molar-refractivity contribution >= 4 is 23.8 Å². The fraction of sp³-hybridized carbons (Fsp3) is 0.778. The number of nitrogens with zero attached hydrogens (tertiary/aromatic N) is 2. The van der Waals surface area contributed by atoms with E-state index in [1.54, 1.807) is 0 Å². The van der Waals surface area contributed by atoms with Gasteiger partial charge in [0.1, 0.15) is 6.04 Å². The summed E-state index contributed by atoms with van der Waals surface area (Å²) in [6.45, 7) is 0.819. The molecule has 0 aromatic rings. The second kappa shape index (κ2) is 4.50. The minimum atomic E-state index is -0.960. The molecular weight excluding hydrogens is 232 g/mol. The van der Waals surface area contributed by atoms with E-state index in [2.05, 4.69) is 0 Å². The molecule has 2 saturated heterocycles. The predicted octanol–water partition coefficient (Wildman–Crippen LogP) is -0.368. The quantitative estimate of drug-likeness (QED) is 0.660. The highest BCUT2D eigenvalue weighted by Crippen LogP contribution is 2.23. The number of aliphatic carboxylic acids is 1. The van der Waals surface area contributed by atoms with Crippen LogP contribution in [0.25, 0.3) is 0 Å². The third-order valence-electron chi connectivity index (χ3n) is 2.85. The number of carbonyl (C=O) groups is 2. The zero-order valence-corrected chi connectivity index (χ0v) is 9.52. The summed E-state index contributed by atoms with van der Waals surface area (Å²) in [5.41, 5.74) is 0. The van der Waals surface area contributed by atoms with E-state index in [4.69, 9.17) is 5.11 Å². The van der Waals surface area contributed by atoms with Crippen LogP contribution < -0.4 is 0 Å². The first kappa shape index (κ1) is 11.5. The molecule has 2 amide bonds. The smallest absolute Gasteiger partial charge is 0.327 e. The summed E-state index contributed by atoms with van der Waals surface area (Å²) in [6, 6.07) is -0.996. The number of urea groups is 1. The minimum Gasteiger partial charge on any atom is -0.480 e. The number of aliphatic hydroxyl groups excluding tert-OH is 1. The third-order valence-corrected chi connectivity index (χ3v) is 3.86. The van der Waals surface area contributed by atoms with Crippen molar-refractivity contribution in [1.29, 1.82) is 0 Å². The number of amides is 2. The zero-order valence-electron chi connectivity index (χ0n) is 8.70. The van der Waals surface area contributed by atoms with Crippen molar-refractivity contribution in [2.45, 2.75) is 18.6 Å². The maximum absolute atomic E-state index is 12.0. The van der Waals surface area contributed by atoms with Crippen LogP contribution in [0.15, 0.2) is 0 Å². The van der Waals surface area contributed by atoms with Crippen LogP contribution in [0, 0.1) is 0 Å². The Labute approximate surface area is 97.2 Å². The van der Waals surface area contributed by atoms with Gasteiger partial charge in [-0.2, -0.15) is 0 Å². The van der Waals surface area contributed by atoms with Crippen LogP contribution in [-0.4, -0.2) is 68.9 Å². The summed E-state index contributed by atoms with van der Waals surface area (Å²) in [5, 5.41) is 18.3. The number of β-amino-alcohol motifs (C(OH)–C–C–N with tert-alkyl or cyclic N) is 1. The van der Waals surface area contributed by atoms with Gasteiger partial charge < -0.3 is 20.0 Å². The van der Waals surface area contributed by atoms with Crippen molar-refractivity contribution in [3.63, 3.8) is 0 Å². The Kier molecular flexibility index (Phi) is 3.25. The SMILES string of the molecule is O=C(O)[C@@H]1CSCN1C(=O)N1CCC(O)C1. The third kappa shape index (κ3) is 2.10. The molecular formula is C9H14N2O4S. The molecule has 0 bridgehead atoms. The number of hydrogen-bond acceptors (Lipinski definition) is 4. The molecule has 16 heavy (non-hydrogen) atoms. The second-order valence-corrected chi connectivity index (χ2v) is 4.99. The molecule has 6 nitrogen and oxygen atoms in total. The highest BCUT2D eigenvalue weighted by Gasteiger charge is 2.38. The molecule has 0 spiro atoms. The van der Waals surface area contributed by atoms with E-state index in [1.807, 2.05) is 0 Å². The number of carboxylic acids is 1. The molecule has 0 aliphatic carbocycles. The van der Waals surface area contributed by atoms with Crippen molar-refractivity contribution in [2.24, 2.45) is 0 Å². The van der Waals surface area contributed by atoms with Gasteiger partial charge in [-0.15, -0.1) is 11.8 Å². The average molecular weight is 246 g/mol. The van der Waals surface area contributed by atoms with Crippen molar-refractivity contribution in [3.8, 4) is 0 Å². The molecule has 0 saturated carbocycles. The first-order valence-corrected chi connectivity index (χ1v) is 6.29. The van der Waals surface area contributed by atoms with E-state index in [0.717, 1.165) is 0 Å². The van der Waals surface area contributed by atoms with E-state index in [-0.39, 0.29) is 6.03 Å². The van der Waals surface area contributed by atoms with Crippen molar-refractivity contribution in [2.75, 3.05) is 24.7 Å². The average Bonchev–Trinajstić information content (AvgIpc) is 2.84. The molecule has 0 aromatic heterocycles. The summed E-state index contributed by atoms with van der Waals surface area (Å²) in [7, 11) is 0. The van der Waals surface area contributed by atoms with E-state index in [9.17, 15) is 14.7 Å². The lowest BCUT2D eigenvalue weighted by Gasteiger charge is -2.26. The number of carboxylic acid groups (broad SMARTS) is 1. The normalized spacial score (nSPS) is 29.8. The Morgan fingerprint density at radius 2 is 2.12 bits per heavy atom. The summed E-state index contributed by atoms with van der Waals surface area (Å²) < 4.78 is 0. The molecule has 2 aliphatic rings. The number of carbonyl (C=O) groups excluding carboxylic acids is 1. The van der Waals surface area contributed by atoms with Gasteiger partial charge in [-0.05, 0) is 6.42 Å². The zero-order chi connectivity index (χ0) is 11.7. The van der Waals surface area contributed by atoms with Crippen LogP contribution in [0.5, 0.6) is 0 Å². The molecule has 2 N–H and O–H groups in total. The van der Waals surface area contributed by atoms with Gasteiger partial charge in [-0.25, -0.2) is 9.59 Å². The maximum Gasteiger partial charge on any atom is 0.327 e. The molecule has 0 aromatic carbocycles. The standard InChI is InChI=1S/C9H14N2O4S/c12-6-1-2-10(3-6)9(15)11-5-16-4-7(11)8(13)14/h6-7,12H,1-5H2,(H,13,14)/t6?,7-/m0/s1. The Morgan fingerprint density at radius 3 is 2.69 bits per heavy atom. The molecule has 90 valence electrons. The summed E-state index contributed by atoms with van der Waals surface area (Å²) in [5.74, 6) is -0.0991. The Balaban J connectivity index is 2.01. The molecule has 2 atom stereocenters. The van der Waals surface area contributed by atoms with Crippen LogP contribution in [0.3, 0.4) is 0 Å². The van der Waals surface area contributed by atoms with Gasteiger partial charge in [-0.3, -0.25) is 0 Å². The maximum atomic E-state index is 12.0. The van der Waals surface area contributed by atoms with Gasteiger partial charge in [-0.1, -0.05) is 0 Å². The Hall–Kier alpha value is -0.950. The summed E-state index contributed by atoms with van der Waals surface area (Å²) >= 11 is 1.44. The summed E-state index contributed by atoms with van der Waals surface area (Å²) in [4.78, 5) is 25.8. The topological polar surface area (TPSA) is 81.1 Å². The van der Waals surface area contributed by atoms with Crippen LogP contribution in [-0.2, 0) is 4.79 Å². The summed E-state index contributed by atoms with van der Waals surface area (Å²) in [6.07, 6.45) is 0.104. The van der Waals surface area contributed by atoms with Crippen molar-refractivity contribution in [1.82, 2.24) is 9.80 Å². The molecule has 2 rings (SSSR count).